The van der Waals surface area contributed by atoms with Crippen LogP contribution in [-0.4, -0.2) is 18.8 Å². The Hall–Kier alpha value is 1.36. The third-order valence-electron chi connectivity index (χ3n) is 0. The van der Waals surface area contributed by atoms with E-state index in [2.05, 4.69) is 0 Å². The van der Waals surface area contributed by atoms with Crippen LogP contribution in [0.15, 0.2) is 0 Å². The summed E-state index contributed by atoms with van der Waals surface area (Å²) in [7, 11) is -3.13. The number of rotatable bonds is 0. The maximum Gasteiger partial charge on any atom is 6.00 e. The number of hydrogen-bond acceptors (Lipinski definition) is 1. The summed E-state index contributed by atoms with van der Waals surface area (Å²) in [4.78, 5) is 14.3. The average Bonchev–Trinajstić information content (AvgIpc) is 0.811. The molecular formula is H2MoO3S3Si. The van der Waals surface area contributed by atoms with E-state index >= 15 is 0 Å². The maximum atomic E-state index is 8.74. The van der Waals surface area contributed by atoms with E-state index < -0.39 is 9.17 Å². The summed E-state index contributed by atoms with van der Waals surface area (Å²) in [6.45, 7) is 0. The second-order valence-corrected chi connectivity index (χ2v) is 0.848. The van der Waals surface area contributed by atoms with E-state index in [4.69, 9.17) is 14.1 Å². The van der Waals surface area contributed by atoms with Crippen molar-refractivity contribution in [1.82, 2.24) is 0 Å². The van der Waals surface area contributed by atoms with Gasteiger partial charge in [0.15, 0.2) is 0 Å². The van der Waals surface area contributed by atoms with Crippen molar-refractivity contribution in [1.29, 1.82) is 0 Å². The summed E-state index contributed by atoms with van der Waals surface area (Å²) in [6, 6.07) is 0. The minimum absolute atomic E-state index is 0. The predicted molar refractivity (Wildman–Crippen MR) is 33.0 cm³/mol. The standard InChI is InChI=1S/Mo.H2O3Si.3S/c;1-4(2)3;;;/h;1-2H;;;/q+6;;3*-2. The molecule has 0 aliphatic rings. The smallest absolute Gasteiger partial charge is 2.00 e. The normalized spacial score (nSPS) is 3.00. The molecule has 0 amide bonds. The van der Waals surface area contributed by atoms with Gasteiger partial charge in [-0.15, -0.1) is 0 Å². The van der Waals surface area contributed by atoms with Crippen LogP contribution >= 0.6 is 0 Å². The Bertz CT molecular complexity index is 37.5. The fraction of sp³-hybridized carbons (Fsp3) is 0. The molecule has 0 fully saturated rings. The molecule has 8 heteroatoms. The Balaban J connectivity index is -0.00000000750. The molecule has 0 rings (SSSR count). The van der Waals surface area contributed by atoms with Crippen LogP contribution in [-0.2, 0) is 66.0 Å². The van der Waals surface area contributed by atoms with Crippen LogP contribution in [0.4, 0.5) is 0 Å². The minimum atomic E-state index is -3.13. The molecule has 3 nitrogen and oxygen atoms in total. The summed E-state index contributed by atoms with van der Waals surface area (Å²) in [5, 5.41) is 0. The zero-order valence-electron chi connectivity index (χ0n) is 3.44. The Morgan fingerprint density at radius 1 is 1.00 bits per heavy atom. The average molecular weight is 270 g/mol. The van der Waals surface area contributed by atoms with Crippen LogP contribution in [0.25, 0.3) is 0 Å². The Morgan fingerprint density at radius 3 is 1.00 bits per heavy atom. The van der Waals surface area contributed by atoms with E-state index in [-0.39, 0.29) is 61.6 Å². The van der Waals surface area contributed by atoms with Crippen molar-refractivity contribution in [3.8, 4) is 0 Å². The Kier molecular flexibility index (Phi) is 103. The second kappa shape index (κ2) is 23.8. The van der Waals surface area contributed by atoms with Gasteiger partial charge in [-0.05, 0) is 0 Å². The second-order valence-electron chi connectivity index (χ2n) is 0.283. The van der Waals surface area contributed by atoms with Crippen LogP contribution in [0, 0.1) is 0 Å². The molecule has 0 saturated heterocycles. The predicted octanol–water partition coefficient (Wildman–Crippen LogP) is -1.62. The first kappa shape index (κ1) is 34.4. The van der Waals surface area contributed by atoms with Gasteiger partial charge < -0.3 is 50.1 Å². The van der Waals surface area contributed by atoms with Gasteiger partial charge >= 0.3 is 30.2 Å². The SMILES string of the molecule is O=[Si](O)O.[Mo+6].[S-2].[S-2].[S-2]. The topological polar surface area (TPSA) is 57.5 Å². The van der Waals surface area contributed by atoms with Crippen molar-refractivity contribution in [3.05, 3.63) is 0 Å². The van der Waals surface area contributed by atoms with Crippen LogP contribution in [0.5, 0.6) is 0 Å². The summed E-state index contributed by atoms with van der Waals surface area (Å²) in [5.41, 5.74) is 0. The van der Waals surface area contributed by atoms with E-state index in [1.54, 1.807) is 0 Å². The van der Waals surface area contributed by atoms with Gasteiger partial charge in [0.05, 0.1) is 0 Å². The van der Waals surface area contributed by atoms with Crippen molar-refractivity contribution in [2.45, 2.75) is 0 Å². The first-order valence-corrected chi connectivity index (χ1v) is 1.95. The molecule has 0 heterocycles. The van der Waals surface area contributed by atoms with Gasteiger partial charge in [0.25, 0.3) is 0 Å². The molecule has 0 aliphatic carbocycles. The van der Waals surface area contributed by atoms with E-state index in [0.717, 1.165) is 0 Å². The van der Waals surface area contributed by atoms with Crippen LogP contribution in [0.3, 0.4) is 0 Å². The molecule has 8 heavy (non-hydrogen) atoms. The van der Waals surface area contributed by atoms with Gasteiger partial charge in [-0.3, -0.25) is 4.46 Å². The molecule has 0 spiro atoms. The van der Waals surface area contributed by atoms with Gasteiger partial charge in [0.1, 0.15) is 0 Å². The first-order chi connectivity index (χ1) is 1.73. The van der Waals surface area contributed by atoms with Crippen molar-refractivity contribution in [2.24, 2.45) is 0 Å². The van der Waals surface area contributed by atoms with Crippen LogP contribution in [0.2, 0.25) is 0 Å². The van der Waals surface area contributed by atoms with Crippen molar-refractivity contribution >= 4 is 49.7 Å². The molecule has 48 valence electrons. The molecule has 0 aliphatic heterocycles. The zero-order valence-corrected chi connectivity index (χ0v) is 8.89. The zero-order chi connectivity index (χ0) is 3.58. The fourth-order valence-electron chi connectivity index (χ4n) is 0. The van der Waals surface area contributed by atoms with Crippen LogP contribution < -0.4 is 0 Å². The molecule has 0 unspecified atom stereocenters. The molecule has 0 aromatic rings. The third-order valence-corrected chi connectivity index (χ3v) is 0. The molecule has 0 radical (unpaired) electrons. The minimum Gasteiger partial charge on any atom is -2.00 e. The van der Waals surface area contributed by atoms with E-state index in [9.17, 15) is 0 Å². The van der Waals surface area contributed by atoms with Crippen molar-refractivity contribution < 1.29 is 35.1 Å². The molecule has 0 bridgehead atoms. The van der Waals surface area contributed by atoms with Crippen molar-refractivity contribution in [2.75, 3.05) is 0 Å². The van der Waals surface area contributed by atoms with Gasteiger partial charge in [-0.2, -0.15) is 0 Å². The first-order valence-electron chi connectivity index (χ1n) is 0.651. The molecular weight excluding hydrogens is 268 g/mol. The largest absolute Gasteiger partial charge is 6.00 e. The van der Waals surface area contributed by atoms with Gasteiger partial charge in [0, 0.05) is 0 Å². The van der Waals surface area contributed by atoms with Gasteiger partial charge in [-0.1, -0.05) is 0 Å². The number of hydrogen-bond donors (Lipinski definition) is 2. The van der Waals surface area contributed by atoms with E-state index in [1.165, 1.54) is 0 Å². The molecule has 0 saturated carbocycles. The molecule has 0 aromatic heterocycles. The summed E-state index contributed by atoms with van der Waals surface area (Å²) >= 11 is 0. The maximum absolute atomic E-state index is 8.74. The fourth-order valence-corrected chi connectivity index (χ4v) is 0. The Morgan fingerprint density at radius 2 is 1.00 bits per heavy atom. The van der Waals surface area contributed by atoms with E-state index in [1.807, 2.05) is 0 Å². The summed E-state index contributed by atoms with van der Waals surface area (Å²) in [5.74, 6) is 0. The third kappa shape index (κ3) is 162. The summed E-state index contributed by atoms with van der Waals surface area (Å²) in [6.07, 6.45) is 0. The van der Waals surface area contributed by atoms with Gasteiger partial charge in [0.2, 0.25) is 0 Å². The Labute approximate surface area is 84.4 Å². The molecule has 2 N–H and O–H groups in total. The molecule has 0 aromatic carbocycles. The summed E-state index contributed by atoms with van der Waals surface area (Å²) < 4.78 is 8.74. The van der Waals surface area contributed by atoms with Crippen LogP contribution in [0.1, 0.15) is 0 Å². The molecule has 0 atom stereocenters. The monoisotopic (exact) mass is 272 g/mol. The van der Waals surface area contributed by atoms with Crippen molar-refractivity contribution in [3.63, 3.8) is 0 Å². The quantitative estimate of drug-likeness (QED) is 0.520. The van der Waals surface area contributed by atoms with E-state index in [0.29, 0.717) is 0 Å². The van der Waals surface area contributed by atoms with Gasteiger partial charge in [-0.25, -0.2) is 0 Å².